The van der Waals surface area contributed by atoms with Gasteiger partial charge in [-0.2, -0.15) is 0 Å². The van der Waals surface area contributed by atoms with E-state index in [1.165, 1.54) is 23.5 Å². The van der Waals surface area contributed by atoms with Crippen molar-refractivity contribution in [2.75, 3.05) is 32.8 Å². The van der Waals surface area contributed by atoms with Gasteiger partial charge in [0.15, 0.2) is 0 Å². The van der Waals surface area contributed by atoms with Crippen molar-refractivity contribution in [2.45, 2.75) is 20.0 Å². The topological polar surface area (TPSA) is 32.7 Å². The molecule has 0 amide bonds. The third-order valence-corrected chi connectivity index (χ3v) is 4.79. The van der Waals surface area contributed by atoms with E-state index in [1.54, 1.807) is 6.07 Å². The van der Waals surface area contributed by atoms with Crippen molar-refractivity contribution in [3.05, 3.63) is 47.1 Å². The van der Waals surface area contributed by atoms with E-state index in [2.05, 4.69) is 18.7 Å². The molecule has 0 fully saturated rings. The molecule has 1 aromatic carbocycles. The minimum absolute atomic E-state index is 0.214. The van der Waals surface area contributed by atoms with Gasteiger partial charge in [-0.15, -0.1) is 11.3 Å². The Balaban J connectivity index is 1.98. The summed E-state index contributed by atoms with van der Waals surface area (Å²) in [6.45, 7) is 7.85. The van der Waals surface area contributed by atoms with Crippen LogP contribution < -0.4 is 0 Å². The molecule has 0 aliphatic heterocycles. The second-order valence-corrected chi connectivity index (χ2v) is 6.27. The molecule has 1 aromatic heterocycles. The van der Waals surface area contributed by atoms with E-state index >= 15 is 0 Å². The van der Waals surface area contributed by atoms with Crippen LogP contribution in [0.1, 0.15) is 25.5 Å². The molecule has 0 aliphatic rings. The first kappa shape index (κ1) is 18.1. The van der Waals surface area contributed by atoms with Crippen LogP contribution >= 0.6 is 11.3 Å². The maximum atomic E-state index is 13.6. The lowest BCUT2D eigenvalue weighted by molar-refractivity contribution is 0.0276. The lowest BCUT2D eigenvalue weighted by atomic mass is 10.0. The second kappa shape index (κ2) is 9.13. The average molecular weight is 337 g/mol. The summed E-state index contributed by atoms with van der Waals surface area (Å²) in [7, 11) is 0. The maximum Gasteiger partial charge on any atom is 0.123 e. The molecule has 2 rings (SSSR count). The number of aliphatic hydroxyl groups is 1. The van der Waals surface area contributed by atoms with Gasteiger partial charge in [0.05, 0.1) is 13.2 Å². The van der Waals surface area contributed by atoms with Crippen LogP contribution in [0.15, 0.2) is 35.7 Å². The minimum atomic E-state index is -0.760. The van der Waals surface area contributed by atoms with E-state index in [-0.39, 0.29) is 12.4 Å². The number of rotatable bonds is 9. The van der Waals surface area contributed by atoms with Crippen LogP contribution in [-0.4, -0.2) is 42.9 Å². The molecule has 1 heterocycles. The Kier molecular flexibility index (Phi) is 7.17. The van der Waals surface area contributed by atoms with Crippen LogP contribution in [0, 0.1) is 5.82 Å². The Hall–Kier alpha value is -1.27. The highest BCUT2D eigenvalue weighted by molar-refractivity contribution is 7.13. The van der Waals surface area contributed by atoms with Gasteiger partial charge in [0, 0.05) is 17.0 Å². The molecule has 5 heteroatoms. The third kappa shape index (κ3) is 5.11. The number of hydrogen-bond donors (Lipinski definition) is 1. The fourth-order valence-electron chi connectivity index (χ4n) is 2.48. The molecule has 0 spiro atoms. The SMILES string of the molecule is CCN(CC)CCOCC(O)c1ccc(F)cc1-c1cccs1. The highest BCUT2D eigenvalue weighted by Gasteiger charge is 2.15. The summed E-state index contributed by atoms with van der Waals surface area (Å²) in [6.07, 6.45) is -0.760. The van der Waals surface area contributed by atoms with E-state index in [0.717, 1.165) is 30.1 Å². The standard InChI is InChI=1S/C18H24FNO2S/c1-3-20(4-2)9-10-22-13-17(21)15-8-7-14(19)12-16(15)18-6-5-11-23-18/h5-8,11-12,17,21H,3-4,9-10,13H2,1-2H3. The molecular weight excluding hydrogens is 313 g/mol. The quantitative estimate of drug-likeness (QED) is 0.703. The van der Waals surface area contributed by atoms with E-state index in [9.17, 15) is 9.50 Å². The fraction of sp³-hybridized carbons (Fsp3) is 0.444. The van der Waals surface area contributed by atoms with Gasteiger partial charge in [-0.1, -0.05) is 26.0 Å². The summed E-state index contributed by atoms with van der Waals surface area (Å²) in [5.74, 6) is -0.299. The van der Waals surface area contributed by atoms with E-state index in [0.29, 0.717) is 12.2 Å². The summed E-state index contributed by atoms with van der Waals surface area (Å²) < 4.78 is 19.2. The van der Waals surface area contributed by atoms with Gasteiger partial charge >= 0.3 is 0 Å². The smallest absolute Gasteiger partial charge is 0.123 e. The van der Waals surface area contributed by atoms with Gasteiger partial charge < -0.3 is 14.7 Å². The van der Waals surface area contributed by atoms with Gasteiger partial charge in [0.25, 0.3) is 0 Å². The fourth-order valence-corrected chi connectivity index (χ4v) is 3.25. The minimum Gasteiger partial charge on any atom is -0.386 e. The van der Waals surface area contributed by atoms with Crippen molar-refractivity contribution < 1.29 is 14.2 Å². The van der Waals surface area contributed by atoms with E-state index < -0.39 is 6.10 Å². The van der Waals surface area contributed by atoms with Crippen LogP contribution in [-0.2, 0) is 4.74 Å². The van der Waals surface area contributed by atoms with Crippen molar-refractivity contribution in [3.8, 4) is 10.4 Å². The van der Waals surface area contributed by atoms with Gasteiger partial charge in [-0.25, -0.2) is 4.39 Å². The lowest BCUT2D eigenvalue weighted by Crippen LogP contribution is -2.27. The molecule has 3 nitrogen and oxygen atoms in total. The molecule has 1 unspecified atom stereocenters. The Labute approximate surface area is 141 Å². The number of ether oxygens (including phenoxy) is 1. The van der Waals surface area contributed by atoms with Gasteiger partial charge in [-0.3, -0.25) is 0 Å². The zero-order chi connectivity index (χ0) is 16.7. The number of aliphatic hydroxyl groups excluding tert-OH is 1. The largest absolute Gasteiger partial charge is 0.386 e. The molecular formula is C18H24FNO2S. The zero-order valence-corrected chi connectivity index (χ0v) is 14.5. The molecule has 0 bridgehead atoms. The Bertz CT molecular complexity index is 585. The van der Waals surface area contributed by atoms with Crippen molar-refractivity contribution in [2.24, 2.45) is 0 Å². The molecule has 126 valence electrons. The first-order valence-corrected chi connectivity index (χ1v) is 8.85. The van der Waals surface area contributed by atoms with Crippen molar-refractivity contribution in [3.63, 3.8) is 0 Å². The van der Waals surface area contributed by atoms with Crippen LogP contribution in [0.2, 0.25) is 0 Å². The maximum absolute atomic E-state index is 13.6. The summed E-state index contributed by atoms with van der Waals surface area (Å²) in [4.78, 5) is 3.21. The molecule has 0 saturated heterocycles. The van der Waals surface area contributed by atoms with Gasteiger partial charge in [0.2, 0.25) is 0 Å². The van der Waals surface area contributed by atoms with Crippen LogP contribution in [0.5, 0.6) is 0 Å². The third-order valence-electron chi connectivity index (χ3n) is 3.88. The first-order chi connectivity index (χ1) is 11.2. The number of benzene rings is 1. The molecule has 0 radical (unpaired) electrons. The van der Waals surface area contributed by atoms with Gasteiger partial charge in [0.1, 0.15) is 11.9 Å². The van der Waals surface area contributed by atoms with Crippen LogP contribution in [0.3, 0.4) is 0 Å². The number of likely N-dealkylation sites (N-methyl/N-ethyl adjacent to an activating group) is 1. The number of halogens is 1. The second-order valence-electron chi connectivity index (χ2n) is 5.33. The van der Waals surface area contributed by atoms with Crippen molar-refractivity contribution >= 4 is 11.3 Å². The predicted octanol–water partition coefficient (Wildman–Crippen LogP) is 3.95. The normalized spacial score (nSPS) is 12.7. The van der Waals surface area contributed by atoms with E-state index in [4.69, 9.17) is 4.74 Å². The Morgan fingerprint density at radius 2 is 2.04 bits per heavy atom. The average Bonchev–Trinajstić information content (AvgIpc) is 3.09. The predicted molar refractivity (Wildman–Crippen MR) is 93.3 cm³/mol. The van der Waals surface area contributed by atoms with Gasteiger partial charge in [-0.05, 0) is 42.2 Å². The van der Waals surface area contributed by atoms with Crippen LogP contribution in [0.4, 0.5) is 4.39 Å². The van der Waals surface area contributed by atoms with Crippen LogP contribution in [0.25, 0.3) is 10.4 Å². The molecule has 23 heavy (non-hydrogen) atoms. The molecule has 1 N–H and O–H groups in total. The highest BCUT2D eigenvalue weighted by atomic mass is 32.1. The molecule has 0 aliphatic carbocycles. The number of hydrogen-bond acceptors (Lipinski definition) is 4. The Morgan fingerprint density at radius 3 is 2.70 bits per heavy atom. The number of thiophene rings is 1. The monoisotopic (exact) mass is 337 g/mol. The zero-order valence-electron chi connectivity index (χ0n) is 13.7. The molecule has 1 atom stereocenters. The number of nitrogens with zero attached hydrogens (tertiary/aromatic N) is 1. The summed E-state index contributed by atoms with van der Waals surface area (Å²) >= 11 is 1.53. The summed E-state index contributed by atoms with van der Waals surface area (Å²) in [5.41, 5.74) is 1.44. The van der Waals surface area contributed by atoms with Crippen molar-refractivity contribution in [1.82, 2.24) is 4.90 Å². The molecule has 2 aromatic rings. The highest BCUT2D eigenvalue weighted by Crippen LogP contribution is 2.32. The summed E-state index contributed by atoms with van der Waals surface area (Å²) in [5, 5.41) is 12.4. The lowest BCUT2D eigenvalue weighted by Gasteiger charge is -2.19. The summed E-state index contributed by atoms with van der Waals surface area (Å²) in [6, 6.07) is 8.34. The molecule has 0 saturated carbocycles. The Morgan fingerprint density at radius 1 is 1.26 bits per heavy atom. The van der Waals surface area contributed by atoms with E-state index in [1.807, 2.05) is 17.5 Å². The first-order valence-electron chi connectivity index (χ1n) is 7.97. The van der Waals surface area contributed by atoms with Crippen molar-refractivity contribution in [1.29, 1.82) is 0 Å².